The Morgan fingerprint density at radius 1 is 1.16 bits per heavy atom. The predicted octanol–water partition coefficient (Wildman–Crippen LogP) is 3.74. The van der Waals surface area contributed by atoms with Crippen LogP contribution in [0.1, 0.15) is 26.7 Å². The molecule has 0 radical (unpaired) electrons. The van der Waals surface area contributed by atoms with Gasteiger partial charge in [-0.1, -0.05) is 32.0 Å². The molecule has 2 rings (SSSR count). The van der Waals surface area contributed by atoms with Gasteiger partial charge in [-0.2, -0.15) is 12.6 Å². The first-order chi connectivity index (χ1) is 9.15. The molecule has 1 aromatic carbocycles. The average molecular weight is 275 g/mol. The second kappa shape index (κ2) is 5.83. The zero-order valence-electron chi connectivity index (χ0n) is 11.6. The summed E-state index contributed by atoms with van der Waals surface area (Å²) in [5.41, 5.74) is 0.209. The molecule has 1 aromatic heterocycles. The van der Waals surface area contributed by atoms with Gasteiger partial charge in [-0.15, -0.1) is 0 Å². The number of hydrogen-bond acceptors (Lipinski definition) is 2. The van der Waals surface area contributed by atoms with Crippen molar-refractivity contribution in [2.45, 2.75) is 33.2 Å². The molecule has 0 N–H and O–H groups in total. The highest BCUT2D eigenvalue weighted by Gasteiger charge is 2.25. The molecule has 19 heavy (non-hydrogen) atoms. The van der Waals surface area contributed by atoms with Gasteiger partial charge in [-0.3, -0.25) is 4.79 Å². The zero-order chi connectivity index (χ0) is 13.9. The number of rotatable bonds is 5. The smallest absolute Gasteiger partial charge is 0.258 e. The number of hydrogen-bond donors (Lipinski definition) is 1. The zero-order valence-corrected chi connectivity index (χ0v) is 12.5. The van der Waals surface area contributed by atoms with Crippen LogP contribution in [0.2, 0.25) is 0 Å². The van der Waals surface area contributed by atoms with Gasteiger partial charge in [-0.25, -0.2) is 0 Å². The molecule has 3 heteroatoms. The Labute approximate surface area is 119 Å². The van der Waals surface area contributed by atoms with E-state index in [4.69, 9.17) is 0 Å². The van der Waals surface area contributed by atoms with Crippen LogP contribution in [-0.2, 0) is 6.54 Å². The van der Waals surface area contributed by atoms with Crippen LogP contribution in [0.5, 0.6) is 0 Å². The summed E-state index contributed by atoms with van der Waals surface area (Å²) in [5, 5.41) is 1.80. The van der Waals surface area contributed by atoms with Crippen molar-refractivity contribution in [1.29, 1.82) is 0 Å². The highest BCUT2D eigenvalue weighted by Crippen LogP contribution is 2.29. The van der Waals surface area contributed by atoms with Gasteiger partial charge in [0.15, 0.2) is 0 Å². The molecule has 0 bridgehead atoms. The van der Waals surface area contributed by atoms with Crippen molar-refractivity contribution in [3.63, 3.8) is 0 Å². The van der Waals surface area contributed by atoms with Gasteiger partial charge in [0.2, 0.25) is 0 Å². The van der Waals surface area contributed by atoms with Crippen LogP contribution in [0, 0.1) is 5.41 Å². The third-order valence-corrected chi connectivity index (χ3v) is 4.90. The van der Waals surface area contributed by atoms with Crippen molar-refractivity contribution in [1.82, 2.24) is 4.57 Å². The molecule has 0 spiro atoms. The maximum Gasteiger partial charge on any atom is 0.258 e. The predicted molar refractivity (Wildman–Crippen MR) is 85.1 cm³/mol. The molecule has 0 aliphatic rings. The van der Waals surface area contributed by atoms with Crippen molar-refractivity contribution in [2.75, 3.05) is 5.75 Å². The highest BCUT2D eigenvalue weighted by molar-refractivity contribution is 7.80. The van der Waals surface area contributed by atoms with Crippen molar-refractivity contribution < 1.29 is 0 Å². The molecule has 0 aliphatic carbocycles. The van der Waals surface area contributed by atoms with E-state index in [0.717, 1.165) is 35.9 Å². The Kier molecular flexibility index (Phi) is 4.35. The van der Waals surface area contributed by atoms with Gasteiger partial charge in [0.05, 0.1) is 0 Å². The molecule has 0 saturated carbocycles. The highest BCUT2D eigenvalue weighted by atomic mass is 32.1. The van der Waals surface area contributed by atoms with E-state index < -0.39 is 0 Å². The number of nitrogens with zero attached hydrogens (tertiary/aromatic N) is 1. The third-order valence-electron chi connectivity index (χ3n) is 4.23. The van der Waals surface area contributed by atoms with Crippen molar-refractivity contribution in [2.24, 2.45) is 5.41 Å². The van der Waals surface area contributed by atoms with Crippen LogP contribution in [-0.4, -0.2) is 10.3 Å². The number of fused-ring (bicyclic) bond motifs is 1. The maximum atomic E-state index is 12.5. The van der Waals surface area contributed by atoms with E-state index in [1.165, 1.54) is 0 Å². The summed E-state index contributed by atoms with van der Waals surface area (Å²) < 4.78 is 1.84. The van der Waals surface area contributed by atoms with Gasteiger partial charge >= 0.3 is 0 Å². The third kappa shape index (κ3) is 2.71. The topological polar surface area (TPSA) is 22.0 Å². The monoisotopic (exact) mass is 275 g/mol. The van der Waals surface area contributed by atoms with E-state index in [-0.39, 0.29) is 11.0 Å². The fourth-order valence-corrected chi connectivity index (χ4v) is 3.01. The second-order valence-corrected chi connectivity index (χ2v) is 5.52. The van der Waals surface area contributed by atoms with Crippen molar-refractivity contribution in [3.8, 4) is 0 Å². The fourth-order valence-electron chi connectivity index (χ4n) is 2.46. The maximum absolute atomic E-state index is 12.5. The van der Waals surface area contributed by atoms with Crippen LogP contribution in [0.25, 0.3) is 10.8 Å². The van der Waals surface area contributed by atoms with Gasteiger partial charge in [0.1, 0.15) is 0 Å². The van der Waals surface area contributed by atoms with E-state index in [9.17, 15) is 4.79 Å². The molecular formula is C16H21NOS. The van der Waals surface area contributed by atoms with Gasteiger partial charge in [0.25, 0.3) is 5.56 Å². The van der Waals surface area contributed by atoms with Crippen LogP contribution < -0.4 is 5.56 Å². The number of pyridine rings is 1. The standard InChI is InChI=1S/C16H21NOS/c1-3-16(4-2,12-19)11-17-10-9-13-7-5-6-8-14(13)15(17)18/h5-10,19H,3-4,11-12H2,1-2H3. The molecular weight excluding hydrogens is 254 g/mol. The minimum absolute atomic E-state index is 0.103. The van der Waals surface area contributed by atoms with Crippen molar-refractivity contribution in [3.05, 3.63) is 46.9 Å². The lowest BCUT2D eigenvalue weighted by molar-refractivity contribution is 0.255. The minimum Gasteiger partial charge on any atom is -0.314 e. The normalized spacial score (nSPS) is 11.9. The van der Waals surface area contributed by atoms with Crippen LogP contribution >= 0.6 is 12.6 Å². The molecule has 0 fully saturated rings. The fraction of sp³-hybridized carbons (Fsp3) is 0.438. The van der Waals surface area contributed by atoms with E-state index in [1.54, 1.807) is 0 Å². The van der Waals surface area contributed by atoms with Crippen molar-refractivity contribution >= 4 is 23.4 Å². The lowest BCUT2D eigenvalue weighted by atomic mass is 9.84. The molecule has 102 valence electrons. The number of thiol groups is 1. The summed E-state index contributed by atoms with van der Waals surface area (Å²) >= 11 is 4.48. The first kappa shape index (κ1) is 14.2. The molecule has 2 aromatic rings. The molecule has 0 saturated heterocycles. The van der Waals surface area contributed by atoms with Gasteiger partial charge < -0.3 is 4.57 Å². The molecule has 0 atom stereocenters. The Bertz CT molecular complexity index is 605. The van der Waals surface area contributed by atoms with Gasteiger partial charge in [-0.05, 0) is 41.5 Å². The summed E-state index contributed by atoms with van der Waals surface area (Å²) in [5.74, 6) is 0.805. The number of benzene rings is 1. The molecule has 1 heterocycles. The van der Waals surface area contributed by atoms with Crippen LogP contribution in [0.15, 0.2) is 41.3 Å². The average Bonchev–Trinajstić information content (AvgIpc) is 2.48. The summed E-state index contributed by atoms with van der Waals surface area (Å²) in [6.45, 7) is 5.09. The summed E-state index contributed by atoms with van der Waals surface area (Å²) in [4.78, 5) is 12.5. The molecule has 0 amide bonds. The van der Waals surface area contributed by atoms with E-state index >= 15 is 0 Å². The van der Waals surface area contributed by atoms with Gasteiger partial charge in [0, 0.05) is 18.1 Å². The molecule has 2 nitrogen and oxygen atoms in total. The number of aromatic nitrogens is 1. The Hall–Kier alpha value is -1.22. The van der Waals surface area contributed by atoms with E-state index in [1.807, 2.05) is 41.1 Å². The quantitative estimate of drug-likeness (QED) is 0.825. The summed E-state index contributed by atoms with van der Waals surface area (Å²) in [6, 6.07) is 9.77. The summed E-state index contributed by atoms with van der Waals surface area (Å²) in [6.07, 6.45) is 3.98. The second-order valence-electron chi connectivity index (χ2n) is 5.20. The van der Waals surface area contributed by atoms with E-state index in [0.29, 0.717) is 0 Å². The Morgan fingerprint density at radius 3 is 2.47 bits per heavy atom. The molecule has 0 aliphatic heterocycles. The van der Waals surface area contributed by atoms with E-state index in [2.05, 4.69) is 26.5 Å². The molecule has 0 unspecified atom stereocenters. The van der Waals surface area contributed by atoms with Crippen LogP contribution in [0.4, 0.5) is 0 Å². The lowest BCUT2D eigenvalue weighted by Gasteiger charge is -2.30. The summed E-state index contributed by atoms with van der Waals surface area (Å²) in [7, 11) is 0. The Morgan fingerprint density at radius 2 is 1.84 bits per heavy atom. The minimum atomic E-state index is 0.103. The van der Waals surface area contributed by atoms with Crippen LogP contribution in [0.3, 0.4) is 0 Å². The first-order valence-electron chi connectivity index (χ1n) is 6.85. The SMILES string of the molecule is CCC(CC)(CS)Cn1ccc2ccccc2c1=O. The largest absolute Gasteiger partial charge is 0.314 e. The first-order valence-corrected chi connectivity index (χ1v) is 7.48. The Balaban J connectivity index is 2.46. The lowest BCUT2D eigenvalue weighted by Crippen LogP contribution is -2.32.